The summed E-state index contributed by atoms with van der Waals surface area (Å²) in [5.74, 6) is 0. The lowest BCUT2D eigenvalue weighted by atomic mass is 10.1. The van der Waals surface area contributed by atoms with E-state index < -0.39 is 5.60 Å². The Morgan fingerprint density at radius 1 is 1.60 bits per heavy atom. The molecule has 0 fully saturated rings. The highest BCUT2D eigenvalue weighted by atomic mass is 16.3. The lowest BCUT2D eigenvalue weighted by Crippen LogP contribution is -2.36. The van der Waals surface area contributed by atoms with Crippen molar-refractivity contribution in [2.75, 3.05) is 6.54 Å². The van der Waals surface area contributed by atoms with Gasteiger partial charge in [0, 0.05) is 12.7 Å². The van der Waals surface area contributed by atoms with E-state index in [4.69, 9.17) is 0 Å². The monoisotopic (exact) mass is 206 g/mol. The Labute approximate surface area is 90.5 Å². The number of nitrogens with one attached hydrogen (secondary N) is 1. The van der Waals surface area contributed by atoms with Crippen LogP contribution in [-0.4, -0.2) is 22.2 Å². The van der Waals surface area contributed by atoms with E-state index in [2.05, 4.69) is 16.4 Å². The van der Waals surface area contributed by atoms with Gasteiger partial charge in [0.25, 0.3) is 0 Å². The second kappa shape index (κ2) is 3.91. The lowest BCUT2D eigenvalue weighted by Gasteiger charge is -2.21. The van der Waals surface area contributed by atoms with E-state index >= 15 is 0 Å². The number of nitrogens with zero attached hydrogens (tertiary/aromatic N) is 1. The van der Waals surface area contributed by atoms with Gasteiger partial charge in [-0.25, -0.2) is 0 Å². The molecule has 1 aromatic rings. The van der Waals surface area contributed by atoms with Gasteiger partial charge >= 0.3 is 0 Å². The molecule has 3 heteroatoms. The van der Waals surface area contributed by atoms with Crippen LogP contribution >= 0.6 is 0 Å². The van der Waals surface area contributed by atoms with Crippen molar-refractivity contribution in [3.63, 3.8) is 0 Å². The molecule has 0 bridgehead atoms. The summed E-state index contributed by atoms with van der Waals surface area (Å²) in [5, 5.41) is 13.0. The molecular formula is C12H18N2O. The molecule has 82 valence electrons. The van der Waals surface area contributed by atoms with Gasteiger partial charge in [-0.15, -0.1) is 0 Å². The smallest absolute Gasteiger partial charge is 0.0715 e. The highest BCUT2D eigenvalue weighted by Gasteiger charge is 2.24. The van der Waals surface area contributed by atoms with Gasteiger partial charge < -0.3 is 10.4 Å². The van der Waals surface area contributed by atoms with Gasteiger partial charge in [0.2, 0.25) is 0 Å². The molecule has 1 unspecified atom stereocenters. The third-order valence-corrected chi connectivity index (χ3v) is 2.74. The van der Waals surface area contributed by atoms with Crippen LogP contribution in [0.4, 0.5) is 0 Å². The van der Waals surface area contributed by atoms with Gasteiger partial charge in [-0.2, -0.15) is 0 Å². The summed E-state index contributed by atoms with van der Waals surface area (Å²) in [6.07, 6.45) is 4.01. The fourth-order valence-corrected chi connectivity index (χ4v) is 1.98. The van der Waals surface area contributed by atoms with E-state index in [0.29, 0.717) is 12.6 Å². The molecule has 15 heavy (non-hydrogen) atoms. The summed E-state index contributed by atoms with van der Waals surface area (Å²) in [4.78, 5) is 4.40. The van der Waals surface area contributed by atoms with Crippen LogP contribution in [0.2, 0.25) is 0 Å². The first kappa shape index (κ1) is 10.6. The average molecular weight is 206 g/mol. The molecule has 1 heterocycles. The minimum atomic E-state index is -0.655. The second-order valence-electron chi connectivity index (χ2n) is 4.83. The van der Waals surface area contributed by atoms with Crippen LogP contribution in [0.25, 0.3) is 0 Å². The molecular weight excluding hydrogens is 188 g/mol. The third-order valence-electron chi connectivity index (χ3n) is 2.74. The Morgan fingerprint density at radius 3 is 3.13 bits per heavy atom. The number of rotatable bonds is 3. The van der Waals surface area contributed by atoms with Gasteiger partial charge in [-0.1, -0.05) is 6.07 Å². The standard InChI is InChI=1S/C12H18N2O/c1-12(2,15)8-14-10-6-5-9-4-3-7-13-11(9)10/h3-4,7,10,14-15H,5-6,8H2,1-2H3. The van der Waals surface area contributed by atoms with Crippen molar-refractivity contribution in [3.05, 3.63) is 29.6 Å². The molecule has 0 spiro atoms. The van der Waals surface area contributed by atoms with Gasteiger partial charge in [-0.3, -0.25) is 4.98 Å². The summed E-state index contributed by atoms with van der Waals surface area (Å²) < 4.78 is 0. The first-order chi connectivity index (χ1) is 7.06. The maximum atomic E-state index is 9.64. The Hall–Kier alpha value is -0.930. The summed E-state index contributed by atoms with van der Waals surface area (Å²) in [6.45, 7) is 4.23. The zero-order valence-electron chi connectivity index (χ0n) is 9.33. The first-order valence-corrected chi connectivity index (χ1v) is 5.46. The van der Waals surface area contributed by atoms with Crippen LogP contribution in [0.1, 0.15) is 37.6 Å². The summed E-state index contributed by atoms with van der Waals surface area (Å²) >= 11 is 0. The molecule has 3 nitrogen and oxygen atoms in total. The fourth-order valence-electron chi connectivity index (χ4n) is 1.98. The quantitative estimate of drug-likeness (QED) is 0.786. The van der Waals surface area contributed by atoms with Crippen LogP contribution in [0, 0.1) is 0 Å². The number of aliphatic hydroxyl groups is 1. The Balaban J connectivity index is 2.02. The van der Waals surface area contributed by atoms with Crippen molar-refractivity contribution in [1.29, 1.82) is 0 Å². The van der Waals surface area contributed by atoms with E-state index in [1.54, 1.807) is 0 Å². The normalized spacial score (nSPS) is 20.3. The van der Waals surface area contributed by atoms with Gasteiger partial charge in [0.15, 0.2) is 0 Å². The number of aromatic nitrogens is 1. The molecule has 1 aromatic heterocycles. The molecule has 0 saturated carbocycles. The predicted molar refractivity (Wildman–Crippen MR) is 59.6 cm³/mol. The Kier molecular flexibility index (Phi) is 2.76. The summed E-state index contributed by atoms with van der Waals surface area (Å²) in [6, 6.07) is 4.43. The van der Waals surface area contributed by atoms with Crippen molar-refractivity contribution in [2.24, 2.45) is 0 Å². The van der Waals surface area contributed by atoms with E-state index in [1.807, 2.05) is 26.1 Å². The summed E-state index contributed by atoms with van der Waals surface area (Å²) in [7, 11) is 0. The minimum Gasteiger partial charge on any atom is -0.389 e. The van der Waals surface area contributed by atoms with E-state index in [0.717, 1.165) is 18.5 Å². The highest BCUT2D eigenvalue weighted by molar-refractivity contribution is 5.27. The zero-order chi connectivity index (χ0) is 10.9. The number of hydrogen-bond donors (Lipinski definition) is 2. The van der Waals surface area contributed by atoms with Crippen molar-refractivity contribution in [3.8, 4) is 0 Å². The van der Waals surface area contributed by atoms with Crippen LogP contribution in [0.5, 0.6) is 0 Å². The summed E-state index contributed by atoms with van der Waals surface area (Å²) in [5.41, 5.74) is 1.84. The molecule has 1 aliphatic carbocycles. The fraction of sp³-hybridized carbons (Fsp3) is 0.583. The second-order valence-corrected chi connectivity index (χ2v) is 4.83. The maximum Gasteiger partial charge on any atom is 0.0715 e. The average Bonchev–Trinajstić information content (AvgIpc) is 2.57. The number of hydrogen-bond acceptors (Lipinski definition) is 3. The number of aryl methyl sites for hydroxylation is 1. The molecule has 2 N–H and O–H groups in total. The van der Waals surface area contributed by atoms with Gasteiger partial charge in [-0.05, 0) is 38.3 Å². The molecule has 0 aromatic carbocycles. The lowest BCUT2D eigenvalue weighted by molar-refractivity contribution is 0.0763. The van der Waals surface area contributed by atoms with Crippen LogP contribution < -0.4 is 5.32 Å². The topological polar surface area (TPSA) is 45.1 Å². The Morgan fingerprint density at radius 2 is 2.40 bits per heavy atom. The van der Waals surface area contributed by atoms with E-state index in [-0.39, 0.29) is 0 Å². The molecule has 1 atom stereocenters. The third kappa shape index (κ3) is 2.55. The van der Waals surface area contributed by atoms with Gasteiger partial charge in [0.05, 0.1) is 17.3 Å². The highest BCUT2D eigenvalue weighted by Crippen LogP contribution is 2.28. The molecule has 2 rings (SSSR count). The zero-order valence-corrected chi connectivity index (χ0v) is 9.33. The largest absolute Gasteiger partial charge is 0.389 e. The maximum absolute atomic E-state index is 9.64. The first-order valence-electron chi connectivity index (χ1n) is 5.46. The van der Waals surface area contributed by atoms with Crippen molar-refractivity contribution >= 4 is 0 Å². The van der Waals surface area contributed by atoms with Crippen LogP contribution in [0.15, 0.2) is 18.3 Å². The molecule has 0 radical (unpaired) electrons. The van der Waals surface area contributed by atoms with E-state index in [1.165, 1.54) is 5.56 Å². The number of fused-ring (bicyclic) bond motifs is 1. The van der Waals surface area contributed by atoms with Crippen molar-refractivity contribution < 1.29 is 5.11 Å². The Bertz CT molecular complexity index is 344. The molecule has 0 saturated heterocycles. The SMILES string of the molecule is CC(C)(O)CNC1CCc2cccnc21. The molecule has 0 aliphatic heterocycles. The van der Waals surface area contributed by atoms with Crippen LogP contribution in [-0.2, 0) is 6.42 Å². The van der Waals surface area contributed by atoms with Crippen molar-refractivity contribution in [1.82, 2.24) is 10.3 Å². The molecule has 1 aliphatic rings. The minimum absolute atomic E-state index is 0.313. The van der Waals surface area contributed by atoms with Gasteiger partial charge in [0.1, 0.15) is 0 Å². The predicted octanol–water partition coefficient (Wildman–Crippen LogP) is 1.43. The van der Waals surface area contributed by atoms with E-state index in [9.17, 15) is 5.11 Å². The van der Waals surface area contributed by atoms with Crippen molar-refractivity contribution in [2.45, 2.75) is 38.3 Å². The molecule has 0 amide bonds. The van der Waals surface area contributed by atoms with Crippen LogP contribution in [0.3, 0.4) is 0 Å². The number of pyridine rings is 1.